The molecule has 2 atom stereocenters. The topological polar surface area (TPSA) is 123 Å². The summed E-state index contributed by atoms with van der Waals surface area (Å²) in [5.74, 6) is 6.74. The molecule has 48 heavy (non-hydrogen) atoms. The van der Waals surface area contributed by atoms with E-state index in [9.17, 15) is 4.79 Å². The number of benzene rings is 3. The Kier molecular flexibility index (Phi) is 11.2. The van der Waals surface area contributed by atoms with Crippen LogP contribution in [0.2, 0.25) is 0 Å². The Morgan fingerprint density at radius 1 is 1.15 bits per heavy atom. The lowest BCUT2D eigenvalue weighted by Crippen LogP contribution is -2.48. The number of hydrogen-bond acceptors (Lipinski definition) is 10. The van der Waals surface area contributed by atoms with Crippen LogP contribution in [0.5, 0.6) is 5.75 Å². The third-order valence-corrected chi connectivity index (χ3v) is 10.7. The van der Waals surface area contributed by atoms with Crippen molar-refractivity contribution < 1.29 is 9.53 Å². The first kappa shape index (κ1) is 35.5. The van der Waals surface area contributed by atoms with Crippen molar-refractivity contribution in [3.05, 3.63) is 100 Å². The Bertz CT molecular complexity index is 1750. The Labute approximate surface area is 293 Å². The number of nitrogen functional groups attached to an aromatic ring is 1. The van der Waals surface area contributed by atoms with Gasteiger partial charge in [0.2, 0.25) is 0 Å². The maximum atomic E-state index is 13.7. The second kappa shape index (κ2) is 15.2. The van der Waals surface area contributed by atoms with E-state index in [-0.39, 0.29) is 17.9 Å². The minimum atomic E-state index is -0.745. The number of para-hydroxylation sites is 1. The quantitative estimate of drug-likeness (QED) is 0.0376. The third kappa shape index (κ3) is 7.75. The molecule has 4 aromatic rings. The van der Waals surface area contributed by atoms with E-state index in [0.29, 0.717) is 23.0 Å². The van der Waals surface area contributed by atoms with E-state index in [0.717, 1.165) is 52.5 Å². The maximum absolute atomic E-state index is 13.7. The molecule has 0 radical (unpaired) electrons. The molecule has 5 N–H and O–H groups in total. The fraction of sp³-hybridized carbons (Fsp3) is 0.378. The number of ether oxygens (including phenoxy) is 1. The SMILES string of the molecule is CC[C@@H]1CN(Cc2cc(C(c3ccc(N(N)CC)c(N)c3C)C(C)(C)NC(=O)c3cnc(SC)nc3)ccc2C)Sc2ccccc2O1. The molecule has 0 saturated heterocycles. The molecule has 0 aliphatic carbocycles. The molecule has 1 unspecified atom stereocenters. The average molecular weight is 686 g/mol. The number of aromatic nitrogens is 2. The van der Waals surface area contributed by atoms with E-state index in [2.05, 4.69) is 83.7 Å². The number of anilines is 2. The molecule has 0 saturated carbocycles. The van der Waals surface area contributed by atoms with E-state index in [1.54, 1.807) is 29.4 Å². The summed E-state index contributed by atoms with van der Waals surface area (Å²) in [5.41, 5.74) is 13.3. The summed E-state index contributed by atoms with van der Waals surface area (Å²) in [7, 11) is 0. The fourth-order valence-electron chi connectivity index (χ4n) is 6.21. The van der Waals surface area contributed by atoms with Crippen LogP contribution in [0.25, 0.3) is 0 Å². The molecule has 254 valence electrons. The number of rotatable bonds is 11. The standard InChI is InChI=1S/C37H47N7O2S2/c1-8-28-22-43(48-32-13-11-10-12-31(32)46-28)21-26-18-25(15-14-23(26)3)33(29-16-17-30(44(39)9-2)34(38)24(29)4)37(5,6)42-35(45)27-19-40-36(47-7)41-20-27/h10-20,28,33H,8-9,21-22,38-39H2,1-7H3,(H,42,45)/t28-,33?/m1/s1. The number of nitrogens with zero attached hydrogens (tertiary/aromatic N) is 4. The van der Waals surface area contributed by atoms with Gasteiger partial charge in [0.1, 0.15) is 11.9 Å². The number of nitrogens with two attached hydrogens (primary N) is 2. The molecule has 0 fully saturated rings. The van der Waals surface area contributed by atoms with Crippen molar-refractivity contribution in [1.29, 1.82) is 0 Å². The van der Waals surface area contributed by atoms with Crippen LogP contribution in [-0.2, 0) is 6.54 Å². The summed E-state index contributed by atoms with van der Waals surface area (Å²) in [4.78, 5) is 23.4. The van der Waals surface area contributed by atoms with E-state index in [1.165, 1.54) is 22.9 Å². The molecule has 9 nitrogen and oxygen atoms in total. The predicted octanol–water partition coefficient (Wildman–Crippen LogP) is 7.12. The molecule has 0 spiro atoms. The van der Waals surface area contributed by atoms with E-state index in [4.69, 9.17) is 16.3 Å². The van der Waals surface area contributed by atoms with E-state index >= 15 is 0 Å². The number of carbonyl (C=O) groups is 1. The van der Waals surface area contributed by atoms with Gasteiger partial charge >= 0.3 is 0 Å². The second-order valence-electron chi connectivity index (χ2n) is 12.8. The third-order valence-electron chi connectivity index (χ3n) is 9.01. The predicted molar refractivity (Wildman–Crippen MR) is 199 cm³/mol. The lowest BCUT2D eigenvalue weighted by atomic mass is 9.74. The summed E-state index contributed by atoms with van der Waals surface area (Å²) in [6.45, 7) is 14.6. The number of hydrazine groups is 1. The van der Waals surface area contributed by atoms with Crippen LogP contribution >= 0.6 is 23.7 Å². The molecule has 1 aromatic heterocycles. The summed E-state index contributed by atoms with van der Waals surface area (Å²) >= 11 is 3.17. The average Bonchev–Trinajstić information content (AvgIpc) is 3.26. The largest absolute Gasteiger partial charge is 0.488 e. The minimum Gasteiger partial charge on any atom is -0.488 e. The van der Waals surface area contributed by atoms with Crippen LogP contribution < -0.4 is 26.6 Å². The molecule has 11 heteroatoms. The van der Waals surface area contributed by atoms with E-state index < -0.39 is 5.54 Å². The summed E-state index contributed by atoms with van der Waals surface area (Å²) in [5, 5.41) is 5.59. The van der Waals surface area contributed by atoms with Crippen molar-refractivity contribution in [3.63, 3.8) is 0 Å². The Balaban J connectivity index is 1.55. The fourth-order valence-corrected chi connectivity index (χ4v) is 7.59. The first-order valence-electron chi connectivity index (χ1n) is 16.3. The molecule has 5 rings (SSSR count). The number of carbonyl (C=O) groups excluding carboxylic acids is 1. The van der Waals surface area contributed by atoms with Crippen LogP contribution in [0, 0.1) is 13.8 Å². The van der Waals surface area contributed by atoms with Gasteiger partial charge < -0.3 is 20.8 Å². The van der Waals surface area contributed by atoms with Gasteiger partial charge in [-0.3, -0.25) is 4.79 Å². The first-order chi connectivity index (χ1) is 22.9. The van der Waals surface area contributed by atoms with Gasteiger partial charge in [-0.05, 0) is 105 Å². The zero-order valence-electron chi connectivity index (χ0n) is 28.9. The number of nitrogens with one attached hydrogen (secondary N) is 1. The van der Waals surface area contributed by atoms with Gasteiger partial charge in [-0.25, -0.2) is 20.1 Å². The van der Waals surface area contributed by atoms with Crippen LogP contribution in [0.1, 0.15) is 78.2 Å². The monoisotopic (exact) mass is 685 g/mol. The molecule has 0 bridgehead atoms. The molecule has 1 aliphatic rings. The number of fused-ring (bicyclic) bond motifs is 1. The van der Waals surface area contributed by atoms with Gasteiger partial charge in [-0.2, -0.15) is 0 Å². The molecule has 1 amide bonds. The second-order valence-corrected chi connectivity index (χ2v) is 14.7. The molecular formula is C37H47N7O2S2. The first-order valence-corrected chi connectivity index (χ1v) is 18.3. The van der Waals surface area contributed by atoms with Crippen LogP contribution in [0.15, 0.2) is 77.0 Å². The minimum absolute atomic E-state index is 0.0925. The van der Waals surface area contributed by atoms with Crippen LogP contribution in [0.3, 0.4) is 0 Å². The maximum Gasteiger partial charge on any atom is 0.254 e. The summed E-state index contributed by atoms with van der Waals surface area (Å²) in [6, 6.07) is 19.0. The highest BCUT2D eigenvalue weighted by molar-refractivity contribution is 7.98. The van der Waals surface area contributed by atoms with Crippen molar-refractivity contribution >= 4 is 41.0 Å². The van der Waals surface area contributed by atoms with Crippen molar-refractivity contribution in [2.24, 2.45) is 5.84 Å². The Morgan fingerprint density at radius 2 is 1.88 bits per heavy atom. The highest BCUT2D eigenvalue weighted by Gasteiger charge is 2.36. The Hall–Kier alpha value is -3.77. The normalized spacial score (nSPS) is 15.6. The van der Waals surface area contributed by atoms with Crippen molar-refractivity contribution in [1.82, 2.24) is 19.6 Å². The number of amides is 1. The Morgan fingerprint density at radius 3 is 2.56 bits per heavy atom. The zero-order chi connectivity index (χ0) is 34.6. The van der Waals surface area contributed by atoms with Gasteiger partial charge in [0, 0.05) is 43.5 Å². The van der Waals surface area contributed by atoms with Gasteiger partial charge in [0.15, 0.2) is 5.16 Å². The van der Waals surface area contributed by atoms with Gasteiger partial charge in [-0.15, -0.1) is 0 Å². The molecule has 3 aromatic carbocycles. The van der Waals surface area contributed by atoms with Crippen molar-refractivity contribution in [2.45, 2.75) is 82.1 Å². The molecular weight excluding hydrogens is 639 g/mol. The van der Waals surface area contributed by atoms with Crippen LogP contribution in [0.4, 0.5) is 11.4 Å². The number of aryl methyl sites for hydroxylation is 1. The van der Waals surface area contributed by atoms with E-state index in [1.807, 2.05) is 38.3 Å². The lowest BCUT2D eigenvalue weighted by Gasteiger charge is -2.38. The van der Waals surface area contributed by atoms with Gasteiger partial charge in [-0.1, -0.05) is 55.1 Å². The van der Waals surface area contributed by atoms with Gasteiger partial charge in [0.25, 0.3) is 5.91 Å². The number of hydrogen-bond donors (Lipinski definition) is 3. The highest BCUT2D eigenvalue weighted by atomic mass is 32.2. The molecule has 1 aliphatic heterocycles. The van der Waals surface area contributed by atoms with Crippen molar-refractivity contribution in [3.8, 4) is 5.75 Å². The lowest BCUT2D eigenvalue weighted by molar-refractivity contribution is 0.0905. The smallest absolute Gasteiger partial charge is 0.254 e. The zero-order valence-corrected chi connectivity index (χ0v) is 30.5. The highest BCUT2D eigenvalue weighted by Crippen LogP contribution is 2.42. The summed E-state index contributed by atoms with van der Waals surface area (Å²) in [6.07, 6.45) is 6.07. The van der Waals surface area contributed by atoms with Crippen LogP contribution in [-0.4, -0.2) is 51.2 Å². The number of thioether (sulfide) groups is 1. The van der Waals surface area contributed by atoms with Gasteiger partial charge in [0.05, 0.1) is 21.8 Å². The van der Waals surface area contributed by atoms with Crippen molar-refractivity contribution in [2.75, 3.05) is 30.1 Å². The molecule has 2 heterocycles. The summed E-state index contributed by atoms with van der Waals surface area (Å²) < 4.78 is 8.77.